The van der Waals surface area contributed by atoms with Gasteiger partial charge in [-0.3, -0.25) is 14.7 Å². The first-order chi connectivity index (χ1) is 20.1. The molecule has 11 nitrogen and oxygen atoms in total. The van der Waals surface area contributed by atoms with Crippen molar-refractivity contribution in [2.24, 2.45) is 0 Å². The predicted molar refractivity (Wildman–Crippen MR) is 162 cm³/mol. The van der Waals surface area contributed by atoms with Gasteiger partial charge in [0.05, 0.1) is 23.8 Å². The molecule has 0 saturated carbocycles. The first-order valence-electron chi connectivity index (χ1n) is 14.6. The third-order valence-electron chi connectivity index (χ3n) is 8.30. The Bertz CT molecular complexity index is 1560. The number of nitrogens with zero attached hydrogens (tertiary/aromatic N) is 8. The van der Waals surface area contributed by atoms with E-state index in [1.54, 1.807) is 16.8 Å². The lowest BCUT2D eigenvalue weighted by atomic mass is 9.93. The monoisotopic (exact) mass is 569 g/mol. The number of carbonyl (C=O) groups is 1. The molecular weight excluding hydrogens is 530 g/mol. The summed E-state index contributed by atoms with van der Waals surface area (Å²) in [6.45, 7) is 14.7. The van der Waals surface area contributed by atoms with Crippen LogP contribution in [0.3, 0.4) is 0 Å². The summed E-state index contributed by atoms with van der Waals surface area (Å²) in [5.41, 5.74) is 4.78. The zero-order chi connectivity index (χ0) is 29.4. The molecule has 2 fully saturated rings. The topological polar surface area (TPSA) is 108 Å². The normalized spacial score (nSPS) is 18.5. The molecule has 0 bridgehead atoms. The fourth-order valence-electron chi connectivity index (χ4n) is 5.59. The highest BCUT2D eigenvalue weighted by Gasteiger charge is 2.30. The van der Waals surface area contributed by atoms with Gasteiger partial charge in [-0.2, -0.15) is 0 Å². The molecule has 2 aliphatic rings. The number of rotatable bonds is 6. The van der Waals surface area contributed by atoms with E-state index in [1.807, 2.05) is 58.4 Å². The molecule has 11 heteroatoms. The minimum Gasteiger partial charge on any atom is -0.369 e. The van der Waals surface area contributed by atoms with Crippen molar-refractivity contribution in [2.45, 2.75) is 45.6 Å². The maximum absolute atomic E-state index is 13.0. The van der Waals surface area contributed by atoms with Crippen LogP contribution in [0.5, 0.6) is 0 Å². The highest BCUT2D eigenvalue weighted by molar-refractivity contribution is 6.04. The largest absolute Gasteiger partial charge is 0.369 e. The number of hydrogen-bond donors (Lipinski definition) is 1. The van der Waals surface area contributed by atoms with E-state index in [0.717, 1.165) is 67.5 Å². The third kappa shape index (κ3) is 5.93. The van der Waals surface area contributed by atoms with Crippen LogP contribution in [0.4, 0.5) is 11.5 Å². The molecule has 1 aromatic carbocycles. The van der Waals surface area contributed by atoms with Gasteiger partial charge in [0, 0.05) is 74.1 Å². The third-order valence-corrected chi connectivity index (χ3v) is 8.30. The van der Waals surface area contributed by atoms with Crippen molar-refractivity contribution in [3.63, 3.8) is 0 Å². The molecule has 42 heavy (non-hydrogen) atoms. The van der Waals surface area contributed by atoms with Crippen LogP contribution in [0.2, 0.25) is 0 Å². The van der Waals surface area contributed by atoms with Gasteiger partial charge in [0.1, 0.15) is 11.5 Å². The lowest BCUT2D eigenvalue weighted by molar-refractivity contribution is 0.102. The Morgan fingerprint density at radius 2 is 1.86 bits per heavy atom. The van der Waals surface area contributed by atoms with Gasteiger partial charge < -0.3 is 19.6 Å². The fraction of sp³-hybridized carbons (Fsp3) is 0.452. The minimum atomic E-state index is -0.275. The zero-order valence-corrected chi connectivity index (χ0v) is 25.0. The molecule has 220 valence electrons. The van der Waals surface area contributed by atoms with E-state index in [0.29, 0.717) is 23.2 Å². The van der Waals surface area contributed by atoms with Crippen molar-refractivity contribution in [1.29, 1.82) is 0 Å². The van der Waals surface area contributed by atoms with Gasteiger partial charge in [0.15, 0.2) is 5.82 Å². The molecule has 1 N–H and O–H groups in total. The van der Waals surface area contributed by atoms with E-state index in [4.69, 9.17) is 4.52 Å². The van der Waals surface area contributed by atoms with Crippen molar-refractivity contribution in [1.82, 2.24) is 34.9 Å². The van der Waals surface area contributed by atoms with Crippen LogP contribution in [0.15, 0.2) is 53.4 Å². The number of piperazine rings is 1. The Morgan fingerprint density at radius 1 is 1.05 bits per heavy atom. The van der Waals surface area contributed by atoms with Gasteiger partial charge in [0.25, 0.3) is 5.91 Å². The second-order valence-corrected chi connectivity index (χ2v) is 12.5. The molecule has 1 unspecified atom stereocenters. The molecule has 0 aliphatic carbocycles. The number of carbonyl (C=O) groups excluding carboxylic acids is 1. The Balaban J connectivity index is 1.16. The average molecular weight is 570 g/mol. The molecule has 2 saturated heterocycles. The Hall–Kier alpha value is -4.09. The molecule has 3 aromatic heterocycles. The number of anilines is 2. The minimum absolute atomic E-state index is 0.200. The van der Waals surface area contributed by atoms with E-state index in [-0.39, 0.29) is 11.3 Å². The number of amides is 1. The Kier molecular flexibility index (Phi) is 7.54. The SMILES string of the molecule is Cc1ccc(C(=O)Nc2cc(C(C)(C)C)on2)cc1-n1cc(-c2cncc(N3CCC(N4CCN(C)CC4)C3)c2)nn1. The summed E-state index contributed by atoms with van der Waals surface area (Å²) in [4.78, 5) is 25.0. The summed E-state index contributed by atoms with van der Waals surface area (Å²) in [6.07, 6.45) is 6.81. The molecule has 2 aliphatic heterocycles. The number of pyridine rings is 1. The predicted octanol–water partition coefficient (Wildman–Crippen LogP) is 4.00. The summed E-state index contributed by atoms with van der Waals surface area (Å²) in [7, 11) is 2.20. The van der Waals surface area contributed by atoms with Crippen LogP contribution in [-0.4, -0.2) is 93.2 Å². The van der Waals surface area contributed by atoms with Crippen LogP contribution in [0, 0.1) is 6.92 Å². The van der Waals surface area contributed by atoms with Crippen molar-refractivity contribution < 1.29 is 9.32 Å². The maximum Gasteiger partial charge on any atom is 0.256 e. The van der Waals surface area contributed by atoms with E-state index in [9.17, 15) is 4.79 Å². The van der Waals surface area contributed by atoms with Gasteiger partial charge in [-0.25, -0.2) is 4.68 Å². The summed E-state index contributed by atoms with van der Waals surface area (Å²) < 4.78 is 7.11. The summed E-state index contributed by atoms with van der Waals surface area (Å²) in [5, 5.41) is 15.7. The standard InChI is InChI=1S/C31H39N9O2/c1-21-6-7-22(30(41)33-29-16-28(42-35-29)31(2,3)4)15-27(21)40-20-26(34-36-40)23-14-25(18-32-17-23)39-9-8-24(19-39)38-12-10-37(5)11-13-38/h6-7,14-18,20,24H,8-13,19H2,1-5H3,(H,33,35,41). The highest BCUT2D eigenvalue weighted by atomic mass is 16.5. The van der Waals surface area contributed by atoms with Crippen LogP contribution in [0.25, 0.3) is 16.9 Å². The van der Waals surface area contributed by atoms with Gasteiger partial charge in [-0.1, -0.05) is 37.2 Å². The summed E-state index contributed by atoms with van der Waals surface area (Å²) in [6, 6.07) is 9.99. The van der Waals surface area contributed by atoms with Gasteiger partial charge >= 0.3 is 0 Å². The van der Waals surface area contributed by atoms with Gasteiger partial charge in [0.2, 0.25) is 0 Å². The molecule has 4 aromatic rings. The molecule has 6 rings (SSSR count). The van der Waals surface area contributed by atoms with Crippen LogP contribution in [0.1, 0.15) is 48.9 Å². The van der Waals surface area contributed by atoms with Gasteiger partial charge in [-0.15, -0.1) is 5.10 Å². The van der Waals surface area contributed by atoms with E-state index in [1.165, 1.54) is 6.42 Å². The number of hydrogen-bond acceptors (Lipinski definition) is 9. The molecular formula is C31H39N9O2. The lowest BCUT2D eigenvalue weighted by Gasteiger charge is -2.36. The number of nitrogens with one attached hydrogen (secondary N) is 1. The van der Waals surface area contributed by atoms with Crippen LogP contribution >= 0.6 is 0 Å². The second-order valence-electron chi connectivity index (χ2n) is 12.5. The Morgan fingerprint density at radius 3 is 2.62 bits per heavy atom. The highest BCUT2D eigenvalue weighted by Crippen LogP contribution is 2.28. The van der Waals surface area contributed by atoms with Crippen molar-refractivity contribution in [2.75, 3.05) is 56.5 Å². The molecule has 0 radical (unpaired) electrons. The number of benzene rings is 1. The molecule has 0 spiro atoms. The van der Waals surface area contributed by atoms with Gasteiger partial charge in [-0.05, 0) is 44.2 Å². The number of aryl methyl sites for hydroxylation is 1. The number of aromatic nitrogens is 5. The maximum atomic E-state index is 13.0. The summed E-state index contributed by atoms with van der Waals surface area (Å²) >= 11 is 0. The second kappa shape index (κ2) is 11.3. The van der Waals surface area contributed by atoms with Crippen molar-refractivity contribution in [3.8, 4) is 16.9 Å². The first kappa shape index (κ1) is 28.0. The quantitative estimate of drug-likeness (QED) is 0.369. The fourth-order valence-corrected chi connectivity index (χ4v) is 5.59. The van der Waals surface area contributed by atoms with E-state index >= 15 is 0 Å². The zero-order valence-electron chi connectivity index (χ0n) is 25.0. The van der Waals surface area contributed by atoms with Crippen molar-refractivity contribution in [3.05, 3.63) is 65.8 Å². The number of likely N-dealkylation sites (N-methyl/N-ethyl adjacent to an activating group) is 1. The van der Waals surface area contributed by atoms with Crippen molar-refractivity contribution >= 4 is 17.4 Å². The average Bonchev–Trinajstić information content (AvgIpc) is 3.75. The molecule has 5 heterocycles. The molecule has 1 amide bonds. The van der Waals surface area contributed by atoms with Crippen LogP contribution in [-0.2, 0) is 5.41 Å². The first-order valence-corrected chi connectivity index (χ1v) is 14.6. The van der Waals surface area contributed by atoms with E-state index < -0.39 is 0 Å². The smallest absolute Gasteiger partial charge is 0.256 e. The lowest BCUT2D eigenvalue weighted by Crippen LogP contribution is -2.49. The van der Waals surface area contributed by atoms with E-state index in [2.05, 4.69) is 53.6 Å². The Labute approximate surface area is 246 Å². The van der Waals surface area contributed by atoms with Crippen LogP contribution < -0.4 is 10.2 Å². The molecule has 1 atom stereocenters. The summed E-state index contributed by atoms with van der Waals surface area (Å²) in [5.74, 6) is 0.814.